The smallest absolute Gasteiger partial charge is 0.295 e. The molecular formula is C12H11BrN2O2. The van der Waals surface area contributed by atoms with Crippen molar-refractivity contribution in [1.29, 1.82) is 0 Å². The minimum atomic E-state index is -0.320. The Kier molecular flexibility index (Phi) is 3.28. The van der Waals surface area contributed by atoms with E-state index in [0.717, 1.165) is 10.1 Å². The van der Waals surface area contributed by atoms with Crippen molar-refractivity contribution in [2.24, 2.45) is 7.05 Å². The Morgan fingerprint density at radius 2 is 1.82 bits per heavy atom. The number of hydrogen-bond acceptors (Lipinski definition) is 2. The van der Waals surface area contributed by atoms with E-state index in [9.17, 15) is 9.59 Å². The lowest BCUT2D eigenvalue weighted by atomic mass is 10.2. The van der Waals surface area contributed by atoms with Crippen LogP contribution in [0, 0.1) is 0 Å². The first kappa shape index (κ1) is 11.9. The fourth-order valence-electron chi connectivity index (χ4n) is 1.58. The standard InChI is InChI=1S/C12H11BrN2O2/c1-14-11(16)10(13)8-15(12(14)17)7-9-5-3-2-4-6-9/h2-6,8H,7H2,1H3. The van der Waals surface area contributed by atoms with E-state index >= 15 is 0 Å². The first-order chi connectivity index (χ1) is 8.09. The Balaban J connectivity index is 2.48. The van der Waals surface area contributed by atoms with E-state index in [1.165, 1.54) is 17.8 Å². The lowest BCUT2D eigenvalue weighted by Gasteiger charge is -2.08. The SMILES string of the molecule is Cn1c(=O)c(Br)cn(Cc2ccccc2)c1=O. The molecule has 4 nitrogen and oxygen atoms in total. The molecule has 0 unspecified atom stereocenters. The molecule has 0 fully saturated rings. The van der Waals surface area contributed by atoms with Gasteiger partial charge in [0.25, 0.3) is 5.56 Å². The van der Waals surface area contributed by atoms with Crippen molar-refractivity contribution in [1.82, 2.24) is 9.13 Å². The maximum absolute atomic E-state index is 11.9. The molecule has 0 radical (unpaired) electrons. The average Bonchev–Trinajstić information content (AvgIpc) is 2.35. The number of benzene rings is 1. The van der Waals surface area contributed by atoms with E-state index in [1.807, 2.05) is 30.3 Å². The summed E-state index contributed by atoms with van der Waals surface area (Å²) in [6, 6.07) is 9.62. The highest BCUT2D eigenvalue weighted by molar-refractivity contribution is 9.10. The molecule has 17 heavy (non-hydrogen) atoms. The third-order valence-corrected chi connectivity index (χ3v) is 3.05. The van der Waals surface area contributed by atoms with Crippen molar-refractivity contribution in [2.75, 3.05) is 0 Å². The van der Waals surface area contributed by atoms with Crippen molar-refractivity contribution in [3.8, 4) is 0 Å². The van der Waals surface area contributed by atoms with Gasteiger partial charge in [0.1, 0.15) is 0 Å². The highest BCUT2D eigenvalue weighted by Gasteiger charge is 2.06. The molecular weight excluding hydrogens is 284 g/mol. The molecule has 0 aliphatic heterocycles. The van der Waals surface area contributed by atoms with Crippen LogP contribution in [0.2, 0.25) is 0 Å². The van der Waals surface area contributed by atoms with Gasteiger partial charge in [0.05, 0.1) is 11.0 Å². The van der Waals surface area contributed by atoms with E-state index in [-0.39, 0.29) is 11.2 Å². The Labute approximate surface area is 106 Å². The quantitative estimate of drug-likeness (QED) is 0.839. The second kappa shape index (κ2) is 4.71. The minimum absolute atomic E-state index is 0.318. The Morgan fingerprint density at radius 3 is 2.47 bits per heavy atom. The van der Waals surface area contributed by atoms with Crippen LogP contribution in [0.4, 0.5) is 0 Å². The minimum Gasteiger partial charge on any atom is -0.295 e. The molecule has 1 aromatic carbocycles. The lowest BCUT2D eigenvalue weighted by molar-refractivity contribution is 0.640. The van der Waals surface area contributed by atoms with E-state index in [1.54, 1.807) is 0 Å². The van der Waals surface area contributed by atoms with Crippen molar-refractivity contribution in [2.45, 2.75) is 6.54 Å². The number of rotatable bonds is 2. The highest BCUT2D eigenvalue weighted by Crippen LogP contribution is 2.03. The van der Waals surface area contributed by atoms with Crippen LogP contribution in [0.25, 0.3) is 0 Å². The summed E-state index contributed by atoms with van der Waals surface area (Å²) in [7, 11) is 1.47. The van der Waals surface area contributed by atoms with Crippen LogP contribution in [0.5, 0.6) is 0 Å². The third-order valence-electron chi connectivity index (χ3n) is 2.51. The van der Waals surface area contributed by atoms with E-state index in [4.69, 9.17) is 0 Å². The first-order valence-corrected chi connectivity index (χ1v) is 5.89. The van der Waals surface area contributed by atoms with Gasteiger partial charge in [-0.3, -0.25) is 13.9 Å². The van der Waals surface area contributed by atoms with Crippen LogP contribution >= 0.6 is 15.9 Å². The Bertz CT molecular complexity index is 644. The van der Waals surface area contributed by atoms with Crippen LogP contribution in [-0.4, -0.2) is 9.13 Å². The van der Waals surface area contributed by atoms with E-state index in [0.29, 0.717) is 11.0 Å². The maximum Gasteiger partial charge on any atom is 0.331 e. The van der Waals surface area contributed by atoms with E-state index in [2.05, 4.69) is 15.9 Å². The molecule has 1 aromatic heterocycles. The summed E-state index contributed by atoms with van der Waals surface area (Å²) in [5, 5.41) is 0. The third kappa shape index (κ3) is 2.39. The van der Waals surface area contributed by atoms with Gasteiger partial charge in [-0.05, 0) is 21.5 Å². The number of halogens is 1. The predicted molar refractivity (Wildman–Crippen MR) is 69.2 cm³/mol. The average molecular weight is 295 g/mol. The highest BCUT2D eigenvalue weighted by atomic mass is 79.9. The van der Waals surface area contributed by atoms with Crippen molar-refractivity contribution in [3.63, 3.8) is 0 Å². The molecule has 0 saturated carbocycles. The lowest BCUT2D eigenvalue weighted by Crippen LogP contribution is -2.38. The summed E-state index contributed by atoms with van der Waals surface area (Å²) in [6.07, 6.45) is 1.53. The summed E-state index contributed by atoms with van der Waals surface area (Å²) >= 11 is 3.15. The van der Waals surface area contributed by atoms with Crippen molar-refractivity contribution >= 4 is 15.9 Å². The second-order valence-corrected chi connectivity index (χ2v) is 4.59. The number of nitrogens with zero attached hydrogens (tertiary/aromatic N) is 2. The maximum atomic E-state index is 11.9. The van der Waals surface area contributed by atoms with Crippen LogP contribution in [0.1, 0.15) is 5.56 Å². The Hall–Kier alpha value is -1.62. The van der Waals surface area contributed by atoms with Crippen LogP contribution in [-0.2, 0) is 13.6 Å². The topological polar surface area (TPSA) is 44.0 Å². The van der Waals surface area contributed by atoms with Gasteiger partial charge in [-0.25, -0.2) is 4.79 Å². The largest absolute Gasteiger partial charge is 0.331 e. The monoisotopic (exact) mass is 294 g/mol. The molecule has 5 heteroatoms. The fraction of sp³-hybridized carbons (Fsp3) is 0.167. The van der Waals surface area contributed by atoms with Crippen LogP contribution in [0.3, 0.4) is 0 Å². The van der Waals surface area contributed by atoms with Crippen molar-refractivity contribution < 1.29 is 0 Å². The van der Waals surface area contributed by atoms with E-state index < -0.39 is 0 Å². The Morgan fingerprint density at radius 1 is 1.18 bits per heavy atom. The van der Waals surface area contributed by atoms with Crippen LogP contribution in [0.15, 0.2) is 50.6 Å². The zero-order valence-electron chi connectivity index (χ0n) is 9.26. The molecule has 0 aliphatic carbocycles. The second-order valence-electron chi connectivity index (χ2n) is 3.74. The van der Waals surface area contributed by atoms with Crippen LogP contribution < -0.4 is 11.2 Å². The molecule has 2 rings (SSSR count). The molecule has 0 N–H and O–H groups in total. The molecule has 0 spiro atoms. The van der Waals surface area contributed by atoms with Gasteiger partial charge >= 0.3 is 5.69 Å². The summed E-state index contributed by atoms with van der Waals surface area (Å²) in [5.41, 5.74) is 0.376. The molecule has 0 aliphatic rings. The van der Waals surface area contributed by atoms with Gasteiger partial charge in [-0.15, -0.1) is 0 Å². The predicted octanol–water partition coefficient (Wildman–Crippen LogP) is 1.36. The molecule has 0 atom stereocenters. The summed E-state index contributed by atoms with van der Waals surface area (Å²) in [4.78, 5) is 23.3. The van der Waals surface area contributed by atoms with Gasteiger partial charge in [-0.1, -0.05) is 30.3 Å². The molecule has 0 saturated heterocycles. The van der Waals surface area contributed by atoms with Gasteiger partial charge in [0.2, 0.25) is 0 Å². The van der Waals surface area contributed by atoms with Crippen molar-refractivity contribution in [3.05, 3.63) is 67.4 Å². The van der Waals surface area contributed by atoms with Gasteiger partial charge in [0.15, 0.2) is 0 Å². The summed E-state index contributed by atoms with van der Waals surface area (Å²) in [5.74, 6) is 0. The number of hydrogen-bond donors (Lipinski definition) is 0. The molecule has 0 amide bonds. The van der Waals surface area contributed by atoms with Gasteiger partial charge < -0.3 is 0 Å². The fourth-order valence-corrected chi connectivity index (χ4v) is 2.09. The van der Waals surface area contributed by atoms with Gasteiger partial charge in [0, 0.05) is 13.2 Å². The van der Waals surface area contributed by atoms with Gasteiger partial charge in [-0.2, -0.15) is 0 Å². The zero-order valence-corrected chi connectivity index (χ0v) is 10.8. The molecule has 0 bridgehead atoms. The molecule has 88 valence electrons. The zero-order chi connectivity index (χ0) is 12.4. The first-order valence-electron chi connectivity index (χ1n) is 5.09. The number of aromatic nitrogens is 2. The molecule has 2 aromatic rings. The summed E-state index contributed by atoms with van der Waals surface area (Å²) < 4.78 is 2.98. The summed E-state index contributed by atoms with van der Waals surface area (Å²) in [6.45, 7) is 0.451. The normalized spacial score (nSPS) is 10.5. The molecule has 1 heterocycles.